The zero-order valence-corrected chi connectivity index (χ0v) is 19.6. The van der Waals surface area contributed by atoms with Crippen LogP contribution in [0, 0.1) is 10.7 Å². The molecule has 0 saturated carbocycles. The Morgan fingerprint density at radius 3 is 2.87 bits per heavy atom. The second-order valence-electron chi connectivity index (χ2n) is 8.34. The van der Waals surface area contributed by atoms with Crippen molar-refractivity contribution in [1.82, 2.24) is 25.0 Å². The molecule has 1 saturated heterocycles. The first-order valence-corrected chi connectivity index (χ1v) is 12.1. The highest BCUT2D eigenvalue weighted by Gasteiger charge is 2.22. The van der Waals surface area contributed by atoms with Gasteiger partial charge < -0.3 is 5.32 Å². The van der Waals surface area contributed by atoms with Crippen LogP contribution in [0.5, 0.6) is 0 Å². The summed E-state index contributed by atoms with van der Waals surface area (Å²) in [4.78, 5) is 16.5. The smallest absolute Gasteiger partial charge is 0.243 e. The van der Waals surface area contributed by atoms with E-state index in [4.69, 9.17) is 12.2 Å². The molecule has 3 heterocycles. The standard InChI is InChI=1S/C23H29N5OS2/c1-16-7-5-11-27(14-16)15-19-9-4-3-8-18(19)13-24-22(29)17(2)28-21(25-26-23(28)30)20-10-6-12-31-20/h3-4,6,8-10,12,16-17H,5,7,11,13-15H2,1-2H3,(H,24,29)(H,26,30). The Morgan fingerprint density at radius 1 is 1.32 bits per heavy atom. The molecule has 1 aromatic carbocycles. The van der Waals surface area contributed by atoms with Gasteiger partial charge in [-0.2, -0.15) is 5.10 Å². The van der Waals surface area contributed by atoms with Crippen LogP contribution in [0.15, 0.2) is 41.8 Å². The molecule has 2 N–H and O–H groups in total. The second kappa shape index (κ2) is 9.89. The van der Waals surface area contributed by atoms with Gasteiger partial charge in [0.2, 0.25) is 5.91 Å². The number of carbonyl (C=O) groups is 1. The number of piperidine rings is 1. The number of likely N-dealkylation sites (tertiary alicyclic amines) is 1. The highest BCUT2D eigenvalue weighted by molar-refractivity contribution is 7.71. The van der Waals surface area contributed by atoms with Crippen molar-refractivity contribution in [2.75, 3.05) is 13.1 Å². The zero-order valence-electron chi connectivity index (χ0n) is 18.0. The SMILES string of the molecule is CC1CCCN(Cc2ccccc2CNC(=O)C(C)n2c(-c3cccs3)n[nH]c2=S)C1. The average Bonchev–Trinajstić information content (AvgIpc) is 3.42. The molecule has 0 aliphatic carbocycles. The molecule has 6 nitrogen and oxygen atoms in total. The maximum atomic E-state index is 13.0. The lowest BCUT2D eigenvalue weighted by molar-refractivity contribution is -0.124. The summed E-state index contributed by atoms with van der Waals surface area (Å²) < 4.78 is 2.24. The number of aromatic nitrogens is 3. The Labute approximate surface area is 192 Å². The molecular weight excluding hydrogens is 426 g/mol. The van der Waals surface area contributed by atoms with Gasteiger partial charge in [-0.05, 0) is 67.0 Å². The minimum atomic E-state index is -0.460. The van der Waals surface area contributed by atoms with Crippen LogP contribution in [-0.2, 0) is 17.9 Å². The van der Waals surface area contributed by atoms with E-state index in [0.29, 0.717) is 17.1 Å². The van der Waals surface area contributed by atoms with Crippen LogP contribution in [0.1, 0.15) is 43.9 Å². The van der Waals surface area contributed by atoms with E-state index < -0.39 is 6.04 Å². The summed E-state index contributed by atoms with van der Waals surface area (Å²) in [5, 5.41) is 12.3. The van der Waals surface area contributed by atoms with E-state index >= 15 is 0 Å². The highest BCUT2D eigenvalue weighted by Crippen LogP contribution is 2.26. The van der Waals surface area contributed by atoms with Crippen LogP contribution in [-0.4, -0.2) is 38.7 Å². The quantitative estimate of drug-likeness (QED) is 0.503. The third kappa shape index (κ3) is 5.14. The Bertz CT molecular complexity index is 1070. The molecular formula is C23H29N5OS2. The molecule has 1 aliphatic heterocycles. The van der Waals surface area contributed by atoms with E-state index in [1.165, 1.54) is 18.4 Å². The van der Waals surface area contributed by atoms with Gasteiger partial charge in [0.15, 0.2) is 10.6 Å². The van der Waals surface area contributed by atoms with Crippen molar-refractivity contribution in [3.63, 3.8) is 0 Å². The van der Waals surface area contributed by atoms with E-state index in [0.717, 1.165) is 36.0 Å². The number of carbonyl (C=O) groups excluding carboxylic acids is 1. The van der Waals surface area contributed by atoms with Crippen molar-refractivity contribution in [3.05, 3.63) is 57.7 Å². The summed E-state index contributed by atoms with van der Waals surface area (Å²) in [7, 11) is 0. The number of amides is 1. The molecule has 0 radical (unpaired) electrons. The minimum absolute atomic E-state index is 0.0725. The average molecular weight is 456 g/mol. The van der Waals surface area contributed by atoms with E-state index in [2.05, 4.69) is 45.5 Å². The van der Waals surface area contributed by atoms with Crippen LogP contribution in [0.3, 0.4) is 0 Å². The number of nitrogens with one attached hydrogen (secondary N) is 2. The van der Waals surface area contributed by atoms with Crippen molar-refractivity contribution in [2.45, 2.75) is 45.8 Å². The van der Waals surface area contributed by atoms with Crippen LogP contribution in [0.2, 0.25) is 0 Å². The molecule has 2 aromatic heterocycles. The molecule has 0 bridgehead atoms. The van der Waals surface area contributed by atoms with Crippen molar-refractivity contribution in [1.29, 1.82) is 0 Å². The summed E-state index contributed by atoms with van der Waals surface area (Å²) in [5.74, 6) is 1.37. The van der Waals surface area contributed by atoms with Gasteiger partial charge in [0.05, 0.1) is 4.88 Å². The number of aromatic amines is 1. The third-order valence-corrected chi connectivity index (χ3v) is 7.07. The fraction of sp³-hybridized carbons (Fsp3) is 0.435. The maximum absolute atomic E-state index is 13.0. The van der Waals surface area contributed by atoms with E-state index in [1.54, 1.807) is 15.9 Å². The topological polar surface area (TPSA) is 66.0 Å². The fourth-order valence-electron chi connectivity index (χ4n) is 4.25. The molecule has 0 spiro atoms. The van der Waals surface area contributed by atoms with Gasteiger partial charge in [0, 0.05) is 19.6 Å². The van der Waals surface area contributed by atoms with Crippen molar-refractivity contribution in [2.24, 2.45) is 5.92 Å². The second-order valence-corrected chi connectivity index (χ2v) is 9.68. The van der Waals surface area contributed by atoms with Gasteiger partial charge in [-0.25, -0.2) is 0 Å². The first kappa shape index (κ1) is 21.9. The van der Waals surface area contributed by atoms with Gasteiger partial charge in [-0.15, -0.1) is 11.3 Å². The summed E-state index contributed by atoms with van der Waals surface area (Å²) in [6.45, 7) is 7.90. The lowest BCUT2D eigenvalue weighted by atomic mass is 9.99. The van der Waals surface area contributed by atoms with Gasteiger partial charge in [-0.3, -0.25) is 19.4 Å². The van der Waals surface area contributed by atoms with Gasteiger partial charge in [-0.1, -0.05) is 37.3 Å². The number of rotatable bonds is 7. The molecule has 8 heteroatoms. The Hall–Kier alpha value is -2.29. The van der Waals surface area contributed by atoms with Gasteiger partial charge >= 0.3 is 0 Å². The Kier molecular flexibility index (Phi) is 6.99. The van der Waals surface area contributed by atoms with Crippen molar-refractivity contribution >= 4 is 29.5 Å². The molecule has 31 heavy (non-hydrogen) atoms. The molecule has 1 aliphatic rings. The minimum Gasteiger partial charge on any atom is -0.350 e. The number of nitrogens with zero attached hydrogens (tertiary/aromatic N) is 3. The number of hydrogen-bond donors (Lipinski definition) is 2. The number of benzene rings is 1. The summed E-state index contributed by atoms with van der Waals surface area (Å²) in [6, 6.07) is 11.9. The maximum Gasteiger partial charge on any atom is 0.243 e. The van der Waals surface area contributed by atoms with Crippen molar-refractivity contribution < 1.29 is 4.79 Å². The molecule has 1 amide bonds. The van der Waals surface area contributed by atoms with Crippen LogP contribution in [0.4, 0.5) is 0 Å². The monoisotopic (exact) mass is 455 g/mol. The lowest BCUT2D eigenvalue weighted by Gasteiger charge is -2.31. The van der Waals surface area contributed by atoms with Crippen LogP contribution < -0.4 is 5.32 Å². The van der Waals surface area contributed by atoms with Gasteiger partial charge in [0.1, 0.15) is 6.04 Å². The van der Waals surface area contributed by atoms with Gasteiger partial charge in [0.25, 0.3) is 0 Å². The van der Waals surface area contributed by atoms with Crippen molar-refractivity contribution in [3.8, 4) is 10.7 Å². The molecule has 1 fully saturated rings. The molecule has 3 aromatic rings. The first-order chi connectivity index (χ1) is 15.0. The predicted molar refractivity (Wildman–Crippen MR) is 127 cm³/mol. The summed E-state index contributed by atoms with van der Waals surface area (Å²) >= 11 is 6.98. The first-order valence-electron chi connectivity index (χ1n) is 10.8. The predicted octanol–water partition coefficient (Wildman–Crippen LogP) is 4.78. The normalized spacial score (nSPS) is 18.1. The number of hydrogen-bond acceptors (Lipinski definition) is 5. The fourth-order valence-corrected chi connectivity index (χ4v) is 5.25. The molecule has 2 unspecified atom stereocenters. The number of H-pyrrole nitrogens is 1. The van der Waals surface area contributed by atoms with E-state index in [1.807, 2.05) is 30.5 Å². The van der Waals surface area contributed by atoms with Crippen LogP contribution >= 0.6 is 23.6 Å². The highest BCUT2D eigenvalue weighted by atomic mass is 32.1. The summed E-state index contributed by atoms with van der Waals surface area (Å²) in [6.07, 6.45) is 2.57. The van der Waals surface area contributed by atoms with E-state index in [-0.39, 0.29) is 5.91 Å². The molecule has 2 atom stereocenters. The summed E-state index contributed by atoms with van der Waals surface area (Å²) in [5.41, 5.74) is 2.44. The van der Waals surface area contributed by atoms with E-state index in [9.17, 15) is 4.79 Å². The van der Waals surface area contributed by atoms with Crippen LogP contribution in [0.25, 0.3) is 10.7 Å². The largest absolute Gasteiger partial charge is 0.350 e. The molecule has 4 rings (SSSR count). The lowest BCUT2D eigenvalue weighted by Crippen LogP contribution is -2.34. The molecule has 164 valence electrons. The number of thiophene rings is 1. The third-order valence-electron chi connectivity index (χ3n) is 5.92. The Morgan fingerprint density at radius 2 is 2.13 bits per heavy atom. The zero-order chi connectivity index (χ0) is 21.8. The Balaban J connectivity index is 1.44.